The van der Waals surface area contributed by atoms with Gasteiger partial charge in [-0.15, -0.1) is 0 Å². The average molecular weight is 256 g/mol. The van der Waals surface area contributed by atoms with Gasteiger partial charge in [0.05, 0.1) is 6.10 Å². The molecule has 0 bridgehead atoms. The maximum Gasteiger partial charge on any atom is 0.134 e. The van der Waals surface area contributed by atoms with Crippen LogP contribution in [0.1, 0.15) is 25.6 Å². The third kappa shape index (κ3) is 2.87. The summed E-state index contributed by atoms with van der Waals surface area (Å²) >= 11 is 5.94. The van der Waals surface area contributed by atoms with Crippen LogP contribution in [-0.4, -0.2) is 34.3 Å². The van der Waals surface area contributed by atoms with Crippen LogP contribution in [0, 0.1) is 12.8 Å². The van der Waals surface area contributed by atoms with E-state index in [1.165, 1.54) is 0 Å². The SMILES string of the molecule is CC[C@@H]1CN(c2cc(Cl)nc(C)n2)CC[C@@H]1O. The fraction of sp³-hybridized carbons (Fsp3) is 0.667. The van der Waals surface area contributed by atoms with Crippen LogP contribution in [0.25, 0.3) is 0 Å². The van der Waals surface area contributed by atoms with Crippen molar-refractivity contribution in [2.24, 2.45) is 5.92 Å². The average Bonchev–Trinajstić information content (AvgIpc) is 2.28. The van der Waals surface area contributed by atoms with E-state index in [2.05, 4.69) is 21.8 Å². The molecule has 1 aliphatic heterocycles. The van der Waals surface area contributed by atoms with Crippen molar-refractivity contribution in [1.29, 1.82) is 0 Å². The predicted octanol–water partition coefficient (Wildman–Crippen LogP) is 2.04. The van der Waals surface area contributed by atoms with Crippen molar-refractivity contribution in [2.45, 2.75) is 32.8 Å². The Morgan fingerprint density at radius 3 is 2.94 bits per heavy atom. The lowest BCUT2D eigenvalue weighted by Crippen LogP contribution is -2.43. The summed E-state index contributed by atoms with van der Waals surface area (Å²) in [5, 5.41) is 10.3. The van der Waals surface area contributed by atoms with Crippen LogP contribution >= 0.6 is 11.6 Å². The van der Waals surface area contributed by atoms with E-state index in [-0.39, 0.29) is 6.10 Å². The monoisotopic (exact) mass is 255 g/mol. The minimum absolute atomic E-state index is 0.186. The minimum atomic E-state index is -0.186. The first-order valence-electron chi connectivity index (χ1n) is 6.04. The summed E-state index contributed by atoms with van der Waals surface area (Å²) in [6.45, 7) is 5.61. The molecule has 0 aromatic carbocycles. The second kappa shape index (κ2) is 5.19. The van der Waals surface area contributed by atoms with Gasteiger partial charge in [0.15, 0.2) is 0 Å². The summed E-state index contributed by atoms with van der Waals surface area (Å²) in [6, 6.07) is 1.79. The lowest BCUT2D eigenvalue weighted by atomic mass is 9.92. The van der Waals surface area contributed by atoms with Crippen LogP contribution in [0.15, 0.2) is 6.07 Å². The zero-order valence-corrected chi connectivity index (χ0v) is 11.0. The van der Waals surface area contributed by atoms with Crippen LogP contribution < -0.4 is 4.90 Å². The van der Waals surface area contributed by atoms with Crippen molar-refractivity contribution >= 4 is 17.4 Å². The van der Waals surface area contributed by atoms with E-state index in [0.717, 1.165) is 31.7 Å². The Kier molecular flexibility index (Phi) is 3.84. The fourth-order valence-corrected chi connectivity index (χ4v) is 2.53. The molecule has 1 aromatic heterocycles. The van der Waals surface area contributed by atoms with E-state index >= 15 is 0 Å². The molecule has 0 saturated carbocycles. The second-order valence-electron chi connectivity index (χ2n) is 4.57. The second-order valence-corrected chi connectivity index (χ2v) is 4.95. The highest BCUT2D eigenvalue weighted by Crippen LogP contribution is 2.25. The zero-order chi connectivity index (χ0) is 12.4. The molecule has 2 atom stereocenters. The van der Waals surface area contributed by atoms with Crippen molar-refractivity contribution in [3.63, 3.8) is 0 Å². The predicted molar refractivity (Wildman–Crippen MR) is 68.4 cm³/mol. The molecule has 2 heterocycles. The molecule has 0 radical (unpaired) electrons. The maximum atomic E-state index is 9.86. The van der Waals surface area contributed by atoms with E-state index in [1.54, 1.807) is 6.07 Å². The molecular formula is C12H18ClN3O. The Hall–Kier alpha value is -0.870. The van der Waals surface area contributed by atoms with Gasteiger partial charge in [-0.2, -0.15) is 0 Å². The molecule has 1 saturated heterocycles. The highest BCUT2D eigenvalue weighted by molar-refractivity contribution is 6.29. The molecular weight excluding hydrogens is 238 g/mol. The van der Waals surface area contributed by atoms with Crippen molar-refractivity contribution in [1.82, 2.24) is 9.97 Å². The molecule has 17 heavy (non-hydrogen) atoms. The van der Waals surface area contributed by atoms with Gasteiger partial charge in [-0.3, -0.25) is 0 Å². The molecule has 94 valence electrons. The van der Waals surface area contributed by atoms with Crippen LogP contribution in [0.4, 0.5) is 5.82 Å². The fourth-order valence-electron chi connectivity index (χ4n) is 2.31. The Morgan fingerprint density at radius 1 is 1.53 bits per heavy atom. The number of nitrogens with zero attached hydrogens (tertiary/aromatic N) is 3. The van der Waals surface area contributed by atoms with Gasteiger partial charge in [-0.1, -0.05) is 18.5 Å². The van der Waals surface area contributed by atoms with Gasteiger partial charge >= 0.3 is 0 Å². The molecule has 0 spiro atoms. The van der Waals surface area contributed by atoms with Crippen molar-refractivity contribution in [3.8, 4) is 0 Å². The van der Waals surface area contributed by atoms with E-state index < -0.39 is 0 Å². The van der Waals surface area contributed by atoms with E-state index in [1.807, 2.05) is 6.92 Å². The summed E-state index contributed by atoms with van der Waals surface area (Å²) < 4.78 is 0. The number of aromatic nitrogens is 2. The molecule has 1 N–H and O–H groups in total. The molecule has 0 aliphatic carbocycles. The van der Waals surface area contributed by atoms with E-state index in [9.17, 15) is 5.11 Å². The van der Waals surface area contributed by atoms with Crippen LogP contribution in [-0.2, 0) is 0 Å². The van der Waals surface area contributed by atoms with Crippen molar-refractivity contribution in [2.75, 3.05) is 18.0 Å². The number of halogens is 1. The summed E-state index contributed by atoms with van der Waals surface area (Å²) in [7, 11) is 0. The van der Waals surface area contributed by atoms with E-state index in [4.69, 9.17) is 11.6 Å². The van der Waals surface area contributed by atoms with Crippen molar-refractivity contribution in [3.05, 3.63) is 17.0 Å². The molecule has 1 fully saturated rings. The summed E-state index contributed by atoms with van der Waals surface area (Å²) in [6.07, 6.45) is 1.59. The quantitative estimate of drug-likeness (QED) is 0.822. The summed E-state index contributed by atoms with van der Waals surface area (Å²) in [4.78, 5) is 10.6. The Morgan fingerprint density at radius 2 is 2.29 bits per heavy atom. The largest absolute Gasteiger partial charge is 0.393 e. The Balaban J connectivity index is 2.17. The van der Waals surface area contributed by atoms with Crippen LogP contribution in [0.3, 0.4) is 0 Å². The molecule has 0 amide bonds. The summed E-state index contributed by atoms with van der Waals surface area (Å²) in [5.74, 6) is 1.87. The van der Waals surface area contributed by atoms with Gasteiger partial charge in [-0.25, -0.2) is 9.97 Å². The molecule has 1 aliphatic rings. The van der Waals surface area contributed by atoms with Gasteiger partial charge in [0.2, 0.25) is 0 Å². The highest BCUT2D eigenvalue weighted by Gasteiger charge is 2.27. The maximum absolute atomic E-state index is 9.86. The van der Waals surface area contributed by atoms with Gasteiger partial charge in [0.1, 0.15) is 16.8 Å². The smallest absolute Gasteiger partial charge is 0.134 e. The minimum Gasteiger partial charge on any atom is -0.393 e. The van der Waals surface area contributed by atoms with Gasteiger partial charge < -0.3 is 10.0 Å². The molecule has 0 unspecified atom stereocenters. The zero-order valence-electron chi connectivity index (χ0n) is 10.2. The van der Waals surface area contributed by atoms with Crippen LogP contribution in [0.2, 0.25) is 5.15 Å². The first-order valence-corrected chi connectivity index (χ1v) is 6.42. The number of aliphatic hydroxyl groups is 1. The van der Waals surface area contributed by atoms with Crippen LogP contribution in [0.5, 0.6) is 0 Å². The highest BCUT2D eigenvalue weighted by atomic mass is 35.5. The molecule has 1 aromatic rings. The molecule has 2 rings (SSSR count). The normalized spacial score (nSPS) is 25.1. The lowest BCUT2D eigenvalue weighted by Gasteiger charge is -2.36. The molecule has 4 nitrogen and oxygen atoms in total. The number of aliphatic hydroxyl groups excluding tert-OH is 1. The number of anilines is 1. The topological polar surface area (TPSA) is 49.2 Å². The van der Waals surface area contributed by atoms with Gasteiger partial charge in [0, 0.05) is 25.1 Å². The van der Waals surface area contributed by atoms with Crippen molar-refractivity contribution < 1.29 is 5.11 Å². The number of hydrogen-bond donors (Lipinski definition) is 1. The first-order chi connectivity index (χ1) is 8.10. The Bertz CT molecular complexity index is 379. The summed E-state index contributed by atoms with van der Waals surface area (Å²) in [5.41, 5.74) is 0. The van der Waals surface area contributed by atoms with E-state index in [0.29, 0.717) is 16.9 Å². The number of hydrogen-bond acceptors (Lipinski definition) is 4. The van der Waals surface area contributed by atoms with Gasteiger partial charge in [0.25, 0.3) is 0 Å². The number of rotatable bonds is 2. The van der Waals surface area contributed by atoms with Gasteiger partial charge in [-0.05, 0) is 19.8 Å². The third-order valence-electron chi connectivity index (χ3n) is 3.34. The first kappa shape index (κ1) is 12.6. The Labute approximate surface area is 107 Å². The lowest BCUT2D eigenvalue weighted by molar-refractivity contribution is 0.0858. The third-order valence-corrected chi connectivity index (χ3v) is 3.53. The standard InChI is InChI=1S/C12H18ClN3O/c1-3-9-7-16(5-4-10(9)17)12-6-11(13)14-8(2)15-12/h6,9-10,17H,3-5,7H2,1-2H3/t9-,10+/m1/s1. The number of piperidine rings is 1. The number of aryl methyl sites for hydroxylation is 1. The molecule has 5 heteroatoms.